The number of amides is 1. The maximum absolute atomic E-state index is 12.7. The first kappa shape index (κ1) is 20.3. The van der Waals surface area contributed by atoms with Crippen molar-refractivity contribution in [3.05, 3.63) is 59.9 Å². The lowest BCUT2D eigenvalue weighted by Gasteiger charge is -2.33. The van der Waals surface area contributed by atoms with Crippen molar-refractivity contribution in [3.63, 3.8) is 0 Å². The molecule has 0 unspecified atom stereocenters. The van der Waals surface area contributed by atoms with Crippen LogP contribution in [0.2, 0.25) is 0 Å². The summed E-state index contributed by atoms with van der Waals surface area (Å²) in [5, 5.41) is 4.23. The van der Waals surface area contributed by atoms with Crippen LogP contribution in [0.25, 0.3) is 10.9 Å². The molecule has 3 heterocycles. The van der Waals surface area contributed by atoms with Crippen LogP contribution >= 0.6 is 0 Å². The molecule has 30 heavy (non-hydrogen) atoms. The molecule has 0 atom stereocenters. The second-order valence-electron chi connectivity index (χ2n) is 7.59. The van der Waals surface area contributed by atoms with E-state index in [1.807, 2.05) is 35.4 Å². The fourth-order valence-electron chi connectivity index (χ4n) is 3.88. The van der Waals surface area contributed by atoms with Gasteiger partial charge in [0.2, 0.25) is 5.91 Å². The largest absolute Gasteiger partial charge is 0.417 e. The Morgan fingerprint density at radius 1 is 1.17 bits per heavy atom. The van der Waals surface area contributed by atoms with Gasteiger partial charge >= 0.3 is 6.18 Å². The van der Waals surface area contributed by atoms with Crippen molar-refractivity contribution in [1.82, 2.24) is 15.3 Å². The van der Waals surface area contributed by atoms with Crippen molar-refractivity contribution >= 4 is 22.6 Å². The summed E-state index contributed by atoms with van der Waals surface area (Å²) >= 11 is 0. The van der Waals surface area contributed by atoms with Gasteiger partial charge in [-0.1, -0.05) is 18.2 Å². The Hall–Kier alpha value is -3.03. The first-order valence-electron chi connectivity index (χ1n) is 10.0. The SMILES string of the molecule is O=C(CCc1c[nH]c2ccccc12)NC1CCN(c2ccc(C(F)(F)F)cn2)CC1. The number of fused-ring (bicyclic) bond motifs is 1. The summed E-state index contributed by atoms with van der Waals surface area (Å²) in [6.07, 6.45) is 1.01. The normalized spacial score (nSPS) is 15.5. The fraction of sp³-hybridized carbons (Fsp3) is 0.364. The maximum atomic E-state index is 12.7. The summed E-state index contributed by atoms with van der Waals surface area (Å²) in [4.78, 5) is 21.5. The topological polar surface area (TPSA) is 61.0 Å². The maximum Gasteiger partial charge on any atom is 0.417 e. The molecule has 4 rings (SSSR count). The minimum absolute atomic E-state index is 0.0198. The third kappa shape index (κ3) is 4.58. The van der Waals surface area contributed by atoms with Crippen molar-refractivity contribution in [2.75, 3.05) is 18.0 Å². The number of para-hydroxylation sites is 1. The number of piperidine rings is 1. The molecule has 2 N–H and O–H groups in total. The number of hydrogen-bond acceptors (Lipinski definition) is 3. The first-order valence-corrected chi connectivity index (χ1v) is 10.0. The molecule has 1 amide bonds. The van der Waals surface area contributed by atoms with Crippen LogP contribution in [0.3, 0.4) is 0 Å². The van der Waals surface area contributed by atoms with Gasteiger partial charge in [-0.3, -0.25) is 4.79 Å². The molecule has 158 valence electrons. The Balaban J connectivity index is 1.25. The van der Waals surface area contributed by atoms with Crippen LogP contribution in [0, 0.1) is 0 Å². The van der Waals surface area contributed by atoms with Crippen LogP contribution in [-0.2, 0) is 17.4 Å². The number of hydrogen-bond donors (Lipinski definition) is 2. The van der Waals surface area contributed by atoms with Crippen molar-refractivity contribution < 1.29 is 18.0 Å². The number of carbonyl (C=O) groups excluding carboxylic acids is 1. The lowest BCUT2D eigenvalue weighted by atomic mass is 10.0. The third-order valence-corrected chi connectivity index (χ3v) is 5.56. The van der Waals surface area contributed by atoms with Crippen molar-refractivity contribution in [3.8, 4) is 0 Å². The van der Waals surface area contributed by atoms with Gasteiger partial charge in [0.15, 0.2) is 0 Å². The Morgan fingerprint density at radius 2 is 1.93 bits per heavy atom. The van der Waals surface area contributed by atoms with Crippen LogP contribution in [-0.4, -0.2) is 35.0 Å². The second-order valence-corrected chi connectivity index (χ2v) is 7.59. The van der Waals surface area contributed by atoms with Gasteiger partial charge in [0.1, 0.15) is 5.82 Å². The number of aromatic amines is 1. The Bertz CT molecular complexity index is 1010. The van der Waals surface area contributed by atoms with Gasteiger partial charge < -0.3 is 15.2 Å². The van der Waals surface area contributed by atoms with E-state index in [2.05, 4.69) is 15.3 Å². The molecule has 3 aromatic rings. The van der Waals surface area contributed by atoms with Crippen LogP contribution in [0.1, 0.15) is 30.4 Å². The van der Waals surface area contributed by atoms with Gasteiger partial charge in [-0.15, -0.1) is 0 Å². The minimum Gasteiger partial charge on any atom is -0.361 e. The van der Waals surface area contributed by atoms with Crippen molar-refractivity contribution in [1.29, 1.82) is 0 Å². The molecular formula is C22H23F3N4O. The number of aromatic nitrogens is 2. The predicted octanol–water partition coefficient (Wildman–Crippen LogP) is 4.30. The summed E-state index contributed by atoms with van der Waals surface area (Å²) in [6, 6.07) is 10.6. The van der Waals surface area contributed by atoms with Crippen molar-refractivity contribution in [2.24, 2.45) is 0 Å². The number of halogens is 3. The molecule has 1 fully saturated rings. The molecule has 0 bridgehead atoms. The average molecular weight is 416 g/mol. The number of pyridine rings is 1. The van der Waals surface area contributed by atoms with Gasteiger partial charge in [-0.25, -0.2) is 4.98 Å². The van der Waals surface area contributed by atoms with E-state index >= 15 is 0 Å². The molecule has 0 saturated carbocycles. The monoisotopic (exact) mass is 416 g/mol. The number of anilines is 1. The van der Waals surface area contributed by atoms with Crippen molar-refractivity contribution in [2.45, 2.75) is 37.9 Å². The molecular weight excluding hydrogens is 393 g/mol. The molecule has 1 aliphatic rings. The zero-order valence-corrected chi connectivity index (χ0v) is 16.4. The van der Waals surface area contributed by atoms with Gasteiger partial charge in [0, 0.05) is 48.8 Å². The third-order valence-electron chi connectivity index (χ3n) is 5.56. The van der Waals surface area contributed by atoms with Gasteiger partial charge in [0.05, 0.1) is 5.56 Å². The molecule has 1 aliphatic heterocycles. The zero-order valence-electron chi connectivity index (χ0n) is 16.4. The van der Waals surface area contributed by atoms with E-state index in [0.29, 0.717) is 31.7 Å². The molecule has 2 aromatic heterocycles. The molecule has 5 nitrogen and oxygen atoms in total. The summed E-state index contributed by atoms with van der Waals surface area (Å²) in [5.74, 6) is 0.554. The first-order chi connectivity index (χ1) is 14.4. The van der Waals surface area contributed by atoms with E-state index in [1.165, 1.54) is 6.07 Å². The van der Waals surface area contributed by atoms with E-state index in [1.54, 1.807) is 0 Å². The number of benzene rings is 1. The Labute approximate surface area is 172 Å². The lowest BCUT2D eigenvalue weighted by molar-refractivity contribution is -0.137. The quantitative estimate of drug-likeness (QED) is 0.652. The van der Waals surface area contributed by atoms with E-state index in [4.69, 9.17) is 0 Å². The van der Waals surface area contributed by atoms with Crippen LogP contribution in [0.15, 0.2) is 48.8 Å². The number of carbonyl (C=O) groups is 1. The fourth-order valence-corrected chi connectivity index (χ4v) is 3.88. The van der Waals surface area contributed by atoms with Crippen LogP contribution < -0.4 is 10.2 Å². The number of H-pyrrole nitrogens is 1. The number of alkyl halides is 3. The Kier molecular flexibility index (Phi) is 5.65. The van der Waals surface area contributed by atoms with Crippen LogP contribution in [0.4, 0.5) is 19.0 Å². The van der Waals surface area contributed by atoms with E-state index in [9.17, 15) is 18.0 Å². The van der Waals surface area contributed by atoms with Gasteiger partial charge in [0.25, 0.3) is 0 Å². The molecule has 0 aliphatic carbocycles. The molecule has 1 aromatic carbocycles. The average Bonchev–Trinajstić information content (AvgIpc) is 3.15. The lowest BCUT2D eigenvalue weighted by Crippen LogP contribution is -2.45. The van der Waals surface area contributed by atoms with Crippen LogP contribution in [0.5, 0.6) is 0 Å². The number of nitrogens with zero attached hydrogens (tertiary/aromatic N) is 2. The minimum atomic E-state index is -4.38. The Morgan fingerprint density at radius 3 is 2.63 bits per heavy atom. The molecule has 0 radical (unpaired) electrons. The summed E-state index contributed by atoms with van der Waals surface area (Å²) in [7, 11) is 0. The van der Waals surface area contributed by atoms with E-state index in [0.717, 1.165) is 41.6 Å². The highest BCUT2D eigenvalue weighted by Crippen LogP contribution is 2.29. The number of rotatable bonds is 5. The summed E-state index contributed by atoms with van der Waals surface area (Å²) in [5.41, 5.74) is 1.45. The second kappa shape index (κ2) is 8.38. The zero-order chi connectivity index (χ0) is 21.1. The highest BCUT2D eigenvalue weighted by Gasteiger charge is 2.31. The smallest absolute Gasteiger partial charge is 0.361 e. The summed E-state index contributed by atoms with van der Waals surface area (Å²) in [6.45, 7) is 1.29. The number of nitrogens with one attached hydrogen (secondary N) is 2. The molecule has 8 heteroatoms. The molecule has 0 spiro atoms. The van der Waals surface area contributed by atoms with E-state index < -0.39 is 11.7 Å². The van der Waals surface area contributed by atoms with Gasteiger partial charge in [-0.05, 0) is 43.0 Å². The predicted molar refractivity (Wildman–Crippen MR) is 109 cm³/mol. The highest BCUT2D eigenvalue weighted by molar-refractivity contribution is 5.84. The summed E-state index contributed by atoms with van der Waals surface area (Å²) < 4.78 is 38.0. The number of aryl methyl sites for hydroxylation is 1. The van der Waals surface area contributed by atoms with E-state index in [-0.39, 0.29) is 11.9 Å². The molecule has 1 saturated heterocycles. The van der Waals surface area contributed by atoms with Gasteiger partial charge in [-0.2, -0.15) is 13.2 Å². The highest BCUT2D eigenvalue weighted by atomic mass is 19.4. The standard InChI is InChI=1S/C22H23F3N4O/c23-22(24,25)16-6-7-20(27-14-16)29-11-9-17(10-12-29)28-21(30)8-5-15-13-26-19-4-2-1-3-18(15)19/h1-4,6-7,13-14,17,26H,5,8-12H2,(H,28,30).